The van der Waals surface area contributed by atoms with E-state index in [9.17, 15) is 9.59 Å². The Morgan fingerprint density at radius 3 is 2.75 bits per heavy atom. The lowest BCUT2D eigenvalue weighted by Crippen LogP contribution is -2.19. The van der Waals surface area contributed by atoms with Crippen molar-refractivity contribution in [2.45, 2.75) is 39.2 Å². The monoisotopic (exact) mass is 401 g/mol. The van der Waals surface area contributed by atoms with Crippen LogP contribution in [0.15, 0.2) is 41.2 Å². The topological polar surface area (TPSA) is 82.8 Å². The molecule has 0 saturated carbocycles. The van der Waals surface area contributed by atoms with Gasteiger partial charge in [0.25, 0.3) is 5.56 Å². The van der Waals surface area contributed by atoms with E-state index in [0.29, 0.717) is 36.7 Å². The largest absolute Gasteiger partial charge is 0.459 e. The maximum absolute atomic E-state index is 12.5. The van der Waals surface area contributed by atoms with Gasteiger partial charge in [0, 0.05) is 19.1 Å². The Morgan fingerprint density at radius 1 is 1.25 bits per heavy atom. The molecule has 0 aliphatic carbocycles. The highest BCUT2D eigenvalue weighted by Gasteiger charge is 2.20. The number of aromatic nitrogens is 3. The molecular weight excluding hydrogens is 378 g/mol. The zero-order valence-corrected chi connectivity index (χ0v) is 16.8. The second-order valence-corrected chi connectivity index (χ2v) is 7.24. The summed E-state index contributed by atoms with van der Waals surface area (Å²) in [4.78, 5) is 29.7. The summed E-state index contributed by atoms with van der Waals surface area (Å²) in [5.74, 6) is -0.656. The number of fused-ring (bicyclic) bond motifs is 1. The summed E-state index contributed by atoms with van der Waals surface area (Å²) in [6, 6.07) is 10.9. The van der Waals surface area contributed by atoms with Crippen LogP contribution in [0.3, 0.4) is 0 Å². The van der Waals surface area contributed by atoms with Crippen molar-refractivity contribution in [1.82, 2.24) is 14.6 Å². The van der Waals surface area contributed by atoms with Gasteiger partial charge in [0.1, 0.15) is 11.6 Å². The van der Waals surface area contributed by atoms with Crippen LogP contribution in [0.25, 0.3) is 4.96 Å². The second kappa shape index (κ2) is 9.57. The predicted octanol–water partition coefficient (Wildman–Crippen LogP) is 2.97. The van der Waals surface area contributed by atoms with Crippen molar-refractivity contribution < 1.29 is 14.3 Å². The number of benzene rings is 1. The van der Waals surface area contributed by atoms with Gasteiger partial charge in [-0.1, -0.05) is 48.6 Å². The van der Waals surface area contributed by atoms with Crippen LogP contribution in [0.5, 0.6) is 0 Å². The van der Waals surface area contributed by atoms with Gasteiger partial charge in [0.05, 0.1) is 18.2 Å². The van der Waals surface area contributed by atoms with Crippen LogP contribution in [0.4, 0.5) is 0 Å². The quantitative estimate of drug-likeness (QED) is 0.405. The van der Waals surface area contributed by atoms with Gasteiger partial charge >= 0.3 is 5.97 Å². The molecule has 7 nitrogen and oxygen atoms in total. The fourth-order valence-corrected chi connectivity index (χ4v) is 3.74. The predicted molar refractivity (Wildman–Crippen MR) is 107 cm³/mol. The first-order valence-electron chi connectivity index (χ1n) is 9.30. The van der Waals surface area contributed by atoms with Gasteiger partial charge in [0.15, 0.2) is 0 Å². The van der Waals surface area contributed by atoms with E-state index >= 15 is 0 Å². The molecule has 0 unspecified atom stereocenters. The number of carbonyl (C=O) groups excluding carboxylic acids is 1. The third-order valence-corrected chi connectivity index (χ3v) is 5.23. The Labute approximate surface area is 166 Å². The third kappa shape index (κ3) is 4.82. The lowest BCUT2D eigenvalue weighted by Gasteiger charge is -2.14. The summed E-state index contributed by atoms with van der Waals surface area (Å²) in [6.45, 7) is 5.02. The molecule has 0 radical (unpaired) electrons. The first-order chi connectivity index (χ1) is 13.6. The van der Waals surface area contributed by atoms with Crippen molar-refractivity contribution in [2.24, 2.45) is 0 Å². The van der Waals surface area contributed by atoms with Gasteiger partial charge < -0.3 is 9.47 Å². The molecule has 2 aromatic heterocycles. The van der Waals surface area contributed by atoms with Gasteiger partial charge in [-0.15, -0.1) is 0 Å². The maximum Gasteiger partial charge on any atom is 0.313 e. The average molecular weight is 401 g/mol. The molecule has 2 heterocycles. The zero-order chi connectivity index (χ0) is 19.9. The van der Waals surface area contributed by atoms with Gasteiger partial charge in [-0.25, -0.2) is 4.98 Å². The Balaban J connectivity index is 1.70. The van der Waals surface area contributed by atoms with Crippen LogP contribution in [0.2, 0.25) is 0 Å². The van der Waals surface area contributed by atoms with Gasteiger partial charge in [-0.3, -0.25) is 9.59 Å². The van der Waals surface area contributed by atoms with Gasteiger partial charge in [-0.2, -0.15) is 9.61 Å². The Hall–Kier alpha value is -2.58. The number of hydrogen-bond acceptors (Lipinski definition) is 7. The molecular formula is C20H23N3O4S. The summed E-state index contributed by atoms with van der Waals surface area (Å²) < 4.78 is 12.0. The lowest BCUT2D eigenvalue weighted by atomic mass is 9.97. The molecule has 0 saturated heterocycles. The van der Waals surface area contributed by atoms with Crippen molar-refractivity contribution >= 4 is 22.3 Å². The highest BCUT2D eigenvalue weighted by Crippen LogP contribution is 2.21. The van der Waals surface area contributed by atoms with E-state index in [2.05, 4.69) is 10.1 Å². The zero-order valence-electron chi connectivity index (χ0n) is 16.0. The summed E-state index contributed by atoms with van der Waals surface area (Å²) in [5, 5.41) is 5.05. The van der Waals surface area contributed by atoms with Crippen molar-refractivity contribution in [3.05, 3.63) is 63.0 Å². The minimum Gasteiger partial charge on any atom is -0.459 e. The maximum atomic E-state index is 12.5. The third-order valence-electron chi connectivity index (χ3n) is 4.26. The van der Waals surface area contributed by atoms with Gasteiger partial charge in [-0.05, 0) is 18.9 Å². The average Bonchev–Trinajstić information content (AvgIpc) is 3.11. The molecule has 0 N–H and O–H groups in total. The molecule has 0 amide bonds. The van der Waals surface area contributed by atoms with E-state index in [-0.39, 0.29) is 24.1 Å². The normalized spacial score (nSPS) is 12.2. The molecule has 28 heavy (non-hydrogen) atoms. The SMILES string of the molecule is CCOCCc1nn2c(=O)cc(COC(=O)[C@H](CC)c3ccccc3)nc2s1. The Bertz CT molecular complexity index is 984. The van der Waals surface area contributed by atoms with Crippen molar-refractivity contribution in [3.63, 3.8) is 0 Å². The van der Waals surface area contributed by atoms with E-state index in [1.54, 1.807) is 0 Å². The first-order valence-corrected chi connectivity index (χ1v) is 10.1. The van der Waals surface area contributed by atoms with Crippen molar-refractivity contribution in [1.29, 1.82) is 0 Å². The minimum absolute atomic E-state index is 0.0416. The van der Waals surface area contributed by atoms with E-state index < -0.39 is 0 Å². The molecule has 3 aromatic rings. The van der Waals surface area contributed by atoms with Gasteiger partial charge in [0.2, 0.25) is 4.96 Å². The van der Waals surface area contributed by atoms with E-state index in [1.165, 1.54) is 21.9 Å². The van der Waals surface area contributed by atoms with Crippen LogP contribution in [0.1, 0.15) is 42.5 Å². The summed E-state index contributed by atoms with van der Waals surface area (Å²) in [7, 11) is 0. The molecule has 1 aromatic carbocycles. The Morgan fingerprint density at radius 2 is 2.04 bits per heavy atom. The van der Waals surface area contributed by atoms with Crippen LogP contribution in [-0.4, -0.2) is 33.8 Å². The van der Waals surface area contributed by atoms with Crippen molar-refractivity contribution in [3.8, 4) is 0 Å². The highest BCUT2D eigenvalue weighted by molar-refractivity contribution is 7.16. The smallest absolute Gasteiger partial charge is 0.313 e. The molecule has 0 bridgehead atoms. The van der Waals surface area contributed by atoms with E-state index in [4.69, 9.17) is 9.47 Å². The lowest BCUT2D eigenvalue weighted by molar-refractivity contribution is -0.147. The van der Waals surface area contributed by atoms with E-state index in [1.807, 2.05) is 44.2 Å². The molecule has 0 spiro atoms. The molecule has 0 fully saturated rings. The number of nitrogens with zero attached hydrogens (tertiary/aromatic N) is 3. The first kappa shape index (κ1) is 20.2. The standard InChI is InChI=1S/C20H23N3O4S/c1-3-16(14-8-6-5-7-9-14)19(25)27-13-15-12-18(24)23-20(21-15)28-17(22-23)10-11-26-4-2/h5-9,12,16H,3-4,10-11,13H2,1-2H3/t16-/m1/s1. The van der Waals surface area contributed by atoms with Crippen LogP contribution in [-0.2, 0) is 27.3 Å². The molecule has 148 valence electrons. The van der Waals surface area contributed by atoms with Crippen LogP contribution >= 0.6 is 11.3 Å². The molecule has 3 rings (SSSR count). The number of carbonyl (C=O) groups is 1. The summed E-state index contributed by atoms with van der Waals surface area (Å²) in [6.07, 6.45) is 1.26. The summed E-state index contributed by atoms with van der Waals surface area (Å²) in [5.41, 5.74) is 1.05. The second-order valence-electron chi connectivity index (χ2n) is 6.20. The molecule has 0 aliphatic rings. The number of hydrogen-bond donors (Lipinski definition) is 0. The highest BCUT2D eigenvalue weighted by atomic mass is 32.1. The molecule has 0 aliphatic heterocycles. The van der Waals surface area contributed by atoms with Crippen LogP contribution < -0.4 is 5.56 Å². The number of ether oxygens (including phenoxy) is 2. The minimum atomic E-state index is -0.334. The number of esters is 1. The number of rotatable bonds is 9. The summed E-state index contributed by atoms with van der Waals surface area (Å²) >= 11 is 1.34. The van der Waals surface area contributed by atoms with E-state index in [0.717, 1.165) is 10.6 Å². The molecule has 1 atom stereocenters. The fraction of sp³-hybridized carbons (Fsp3) is 0.400. The fourth-order valence-electron chi connectivity index (χ4n) is 2.84. The Kier molecular flexibility index (Phi) is 6.89. The van der Waals surface area contributed by atoms with Crippen molar-refractivity contribution in [2.75, 3.05) is 13.2 Å². The molecule has 8 heteroatoms. The van der Waals surface area contributed by atoms with Crippen LogP contribution in [0, 0.1) is 0 Å².